The van der Waals surface area contributed by atoms with Gasteiger partial charge in [-0.25, -0.2) is 4.79 Å². The van der Waals surface area contributed by atoms with Crippen molar-refractivity contribution in [2.75, 3.05) is 6.61 Å². The summed E-state index contributed by atoms with van der Waals surface area (Å²) in [6, 6.07) is 7.59. The van der Waals surface area contributed by atoms with Crippen molar-refractivity contribution in [2.45, 2.75) is 75.0 Å². The van der Waals surface area contributed by atoms with Crippen molar-refractivity contribution < 1.29 is 32.0 Å². The molecule has 2 saturated carbocycles. The van der Waals surface area contributed by atoms with E-state index in [0.29, 0.717) is 36.9 Å². The van der Waals surface area contributed by atoms with Crippen LogP contribution in [0.4, 0.5) is 18.0 Å². The minimum atomic E-state index is -4.33. The van der Waals surface area contributed by atoms with Crippen LogP contribution >= 0.6 is 0 Å². The van der Waals surface area contributed by atoms with E-state index in [0.717, 1.165) is 19.8 Å². The summed E-state index contributed by atoms with van der Waals surface area (Å²) in [5, 5.41) is 4.06. The second-order valence-electron chi connectivity index (χ2n) is 9.33. The number of nitrogens with two attached hydrogens (primary N) is 1. The molecule has 1 aromatic heterocycles. The standard InChI is InChI=1S/C24H28F3N3O4/c1-15(24(25,26)27)16-2-4-17(5-3-16)21(31)30(18-6-7-18)19-8-11-23(12-9-19,14-33-22(28)32)20-10-13-34-29-20/h2-5,10,13,15,18-19H,6-9,11-12,14H2,1H3,(H2,28,32)/t15-,19?,23?/m1/s1. The Kier molecular flexibility index (Phi) is 6.60. The summed E-state index contributed by atoms with van der Waals surface area (Å²) >= 11 is 0. The molecule has 0 radical (unpaired) electrons. The summed E-state index contributed by atoms with van der Waals surface area (Å²) in [5.41, 5.74) is 5.85. The van der Waals surface area contributed by atoms with Crippen LogP contribution in [0.3, 0.4) is 0 Å². The molecule has 184 valence electrons. The lowest BCUT2D eigenvalue weighted by atomic mass is 9.70. The molecule has 1 heterocycles. The molecule has 2 N–H and O–H groups in total. The highest BCUT2D eigenvalue weighted by atomic mass is 19.4. The third-order valence-corrected chi connectivity index (χ3v) is 7.10. The van der Waals surface area contributed by atoms with Crippen LogP contribution in [0.2, 0.25) is 0 Å². The second kappa shape index (κ2) is 9.31. The van der Waals surface area contributed by atoms with Crippen LogP contribution in [0.25, 0.3) is 0 Å². The van der Waals surface area contributed by atoms with E-state index < -0.39 is 23.6 Å². The molecule has 2 amide bonds. The van der Waals surface area contributed by atoms with Gasteiger partial charge in [0.1, 0.15) is 12.9 Å². The van der Waals surface area contributed by atoms with Crippen LogP contribution in [0.1, 0.15) is 73.0 Å². The fourth-order valence-corrected chi connectivity index (χ4v) is 4.84. The predicted octanol–water partition coefficient (Wildman–Crippen LogP) is 4.92. The van der Waals surface area contributed by atoms with Crippen LogP contribution in [0.5, 0.6) is 0 Å². The summed E-state index contributed by atoms with van der Waals surface area (Å²) in [7, 11) is 0. The monoisotopic (exact) mass is 479 g/mol. The molecule has 10 heteroatoms. The number of ether oxygens (including phenoxy) is 1. The van der Waals surface area contributed by atoms with E-state index in [9.17, 15) is 22.8 Å². The van der Waals surface area contributed by atoms with Gasteiger partial charge in [-0.15, -0.1) is 0 Å². The van der Waals surface area contributed by atoms with Crippen LogP contribution < -0.4 is 5.73 Å². The van der Waals surface area contributed by atoms with Gasteiger partial charge in [-0.05, 0) is 63.1 Å². The molecule has 4 rings (SSSR count). The molecule has 2 aliphatic rings. The maximum Gasteiger partial charge on any atom is 0.404 e. The molecule has 0 aliphatic heterocycles. The minimum Gasteiger partial charge on any atom is -0.449 e. The van der Waals surface area contributed by atoms with Crippen LogP contribution in [-0.2, 0) is 10.2 Å². The van der Waals surface area contributed by atoms with E-state index in [-0.39, 0.29) is 30.2 Å². The molecule has 34 heavy (non-hydrogen) atoms. The average Bonchev–Trinajstić information content (AvgIpc) is 3.48. The van der Waals surface area contributed by atoms with Crippen LogP contribution in [0.15, 0.2) is 41.1 Å². The smallest absolute Gasteiger partial charge is 0.404 e. The van der Waals surface area contributed by atoms with E-state index >= 15 is 0 Å². The zero-order valence-corrected chi connectivity index (χ0v) is 18.9. The molecule has 0 bridgehead atoms. The number of halogens is 3. The zero-order chi connectivity index (χ0) is 24.5. The lowest BCUT2D eigenvalue weighted by molar-refractivity contribution is -0.146. The summed E-state index contributed by atoms with van der Waals surface area (Å²) in [5.74, 6) is -1.76. The van der Waals surface area contributed by atoms with E-state index in [1.54, 1.807) is 6.07 Å². The highest BCUT2D eigenvalue weighted by Gasteiger charge is 2.45. The average molecular weight is 479 g/mol. The first kappa shape index (κ1) is 24.1. The number of carbonyl (C=O) groups excluding carboxylic acids is 2. The molecule has 7 nitrogen and oxygen atoms in total. The first-order valence-electron chi connectivity index (χ1n) is 11.4. The number of carbonyl (C=O) groups is 2. The Labute approximate surface area is 195 Å². The van der Waals surface area contributed by atoms with E-state index in [1.807, 2.05) is 4.90 Å². The summed E-state index contributed by atoms with van der Waals surface area (Å²) in [6.07, 6.45) is 0.671. The molecular formula is C24H28F3N3O4. The van der Waals surface area contributed by atoms with Crippen molar-refractivity contribution >= 4 is 12.0 Å². The number of primary amides is 1. The van der Waals surface area contributed by atoms with Gasteiger partial charge in [0.25, 0.3) is 5.91 Å². The van der Waals surface area contributed by atoms with Gasteiger partial charge in [0.15, 0.2) is 0 Å². The Morgan fingerprint density at radius 2 is 1.76 bits per heavy atom. The molecule has 1 aromatic carbocycles. The van der Waals surface area contributed by atoms with Crippen molar-refractivity contribution in [1.29, 1.82) is 0 Å². The zero-order valence-electron chi connectivity index (χ0n) is 18.9. The first-order valence-corrected chi connectivity index (χ1v) is 11.4. The molecule has 0 spiro atoms. The second-order valence-corrected chi connectivity index (χ2v) is 9.33. The number of nitrogens with zero attached hydrogens (tertiary/aromatic N) is 2. The highest BCUT2D eigenvalue weighted by molar-refractivity contribution is 5.95. The van der Waals surface area contributed by atoms with Crippen LogP contribution in [-0.4, -0.2) is 46.9 Å². The number of alkyl halides is 3. The molecule has 2 fully saturated rings. The lowest BCUT2D eigenvalue weighted by Crippen LogP contribution is -2.48. The normalized spacial score (nSPS) is 23.8. The molecule has 0 saturated heterocycles. The number of hydrogen-bond donors (Lipinski definition) is 1. The topological polar surface area (TPSA) is 98.7 Å². The predicted molar refractivity (Wildman–Crippen MR) is 116 cm³/mol. The van der Waals surface area contributed by atoms with Gasteiger partial charge in [-0.1, -0.05) is 17.3 Å². The number of amides is 2. The van der Waals surface area contributed by atoms with E-state index in [4.69, 9.17) is 15.0 Å². The van der Waals surface area contributed by atoms with E-state index in [1.165, 1.54) is 30.5 Å². The molecule has 2 aliphatic carbocycles. The van der Waals surface area contributed by atoms with Gasteiger partial charge in [0, 0.05) is 23.7 Å². The van der Waals surface area contributed by atoms with Crippen molar-refractivity contribution in [3.05, 3.63) is 53.4 Å². The van der Waals surface area contributed by atoms with Gasteiger partial charge in [0.05, 0.1) is 17.0 Å². The first-order chi connectivity index (χ1) is 16.1. The minimum absolute atomic E-state index is 0.0256. The Hall–Kier alpha value is -3.04. The fraction of sp³-hybridized carbons (Fsp3) is 0.542. The van der Waals surface area contributed by atoms with Crippen molar-refractivity contribution in [3.63, 3.8) is 0 Å². The third kappa shape index (κ3) is 5.05. The Bertz CT molecular complexity index is 995. The molecule has 2 aromatic rings. The van der Waals surface area contributed by atoms with Crippen molar-refractivity contribution in [3.8, 4) is 0 Å². The summed E-state index contributed by atoms with van der Waals surface area (Å²) in [4.78, 5) is 26.5. The quantitative estimate of drug-likeness (QED) is 0.608. The largest absolute Gasteiger partial charge is 0.449 e. The van der Waals surface area contributed by atoms with Gasteiger partial charge in [-0.2, -0.15) is 13.2 Å². The Morgan fingerprint density at radius 3 is 2.26 bits per heavy atom. The maximum absolute atomic E-state index is 13.4. The number of hydrogen-bond acceptors (Lipinski definition) is 5. The van der Waals surface area contributed by atoms with Crippen molar-refractivity contribution in [2.24, 2.45) is 5.73 Å². The summed E-state index contributed by atoms with van der Waals surface area (Å²) < 4.78 is 49.2. The number of benzene rings is 1. The van der Waals surface area contributed by atoms with Gasteiger partial charge >= 0.3 is 12.3 Å². The Balaban J connectivity index is 1.48. The van der Waals surface area contributed by atoms with Gasteiger partial charge in [0.2, 0.25) is 0 Å². The third-order valence-electron chi connectivity index (χ3n) is 7.10. The molecule has 0 unspecified atom stereocenters. The fourth-order valence-electron chi connectivity index (χ4n) is 4.84. The number of aromatic nitrogens is 1. The summed E-state index contributed by atoms with van der Waals surface area (Å²) in [6.45, 7) is 1.19. The van der Waals surface area contributed by atoms with Gasteiger partial charge in [-0.3, -0.25) is 4.79 Å². The van der Waals surface area contributed by atoms with Crippen molar-refractivity contribution in [1.82, 2.24) is 10.1 Å². The number of rotatable bonds is 7. The molecule has 1 atom stereocenters. The Morgan fingerprint density at radius 1 is 1.15 bits per heavy atom. The van der Waals surface area contributed by atoms with Gasteiger partial charge < -0.3 is 19.9 Å². The van der Waals surface area contributed by atoms with E-state index in [2.05, 4.69) is 5.16 Å². The lowest BCUT2D eigenvalue weighted by Gasteiger charge is -2.42. The molecular weight excluding hydrogens is 451 g/mol. The SMILES string of the molecule is C[C@H](c1ccc(C(=O)N(C2CC2)C2CCC(COC(N)=O)(c3ccon3)CC2)cc1)C(F)(F)F. The maximum atomic E-state index is 13.4. The highest BCUT2D eigenvalue weighted by Crippen LogP contribution is 2.43. The van der Waals surface area contributed by atoms with Crippen LogP contribution in [0, 0.1) is 0 Å².